The van der Waals surface area contributed by atoms with Gasteiger partial charge in [0.1, 0.15) is 5.82 Å². The van der Waals surface area contributed by atoms with Crippen LogP contribution in [0.15, 0.2) is 35.6 Å². The lowest BCUT2D eigenvalue weighted by molar-refractivity contribution is -0.140. The summed E-state index contributed by atoms with van der Waals surface area (Å²) < 4.78 is 18.5. The Balaban J connectivity index is 1.51. The van der Waals surface area contributed by atoms with Gasteiger partial charge in [-0.2, -0.15) is 0 Å². The highest BCUT2D eigenvalue weighted by molar-refractivity contribution is 6.02. The predicted octanol–water partition coefficient (Wildman–Crippen LogP) is 1.51. The van der Waals surface area contributed by atoms with Crippen molar-refractivity contribution in [1.29, 1.82) is 0 Å². The van der Waals surface area contributed by atoms with Crippen LogP contribution in [-0.4, -0.2) is 59.4 Å². The summed E-state index contributed by atoms with van der Waals surface area (Å²) in [4.78, 5) is 27.7. The molecule has 4 rings (SSSR count). The zero-order valence-corrected chi connectivity index (χ0v) is 15.9. The molecule has 0 saturated carbocycles. The fourth-order valence-corrected chi connectivity index (χ4v) is 3.60. The molecule has 0 radical (unpaired) electrons. The maximum atomic E-state index is 13.3. The van der Waals surface area contributed by atoms with Crippen LogP contribution < -0.4 is 5.73 Å². The highest BCUT2D eigenvalue weighted by Crippen LogP contribution is 2.32. The number of carbonyl (C=O) groups is 1. The molecule has 2 aromatic rings. The molecule has 1 aromatic carbocycles. The van der Waals surface area contributed by atoms with E-state index in [0.29, 0.717) is 44.9 Å². The van der Waals surface area contributed by atoms with E-state index in [1.54, 1.807) is 23.2 Å². The van der Waals surface area contributed by atoms with Gasteiger partial charge in [0.15, 0.2) is 6.61 Å². The Labute approximate surface area is 167 Å². The summed E-state index contributed by atoms with van der Waals surface area (Å²) in [6.07, 6.45) is 2.83. The molecule has 1 fully saturated rings. The summed E-state index contributed by atoms with van der Waals surface area (Å²) in [5.41, 5.74) is 8.90. The highest BCUT2D eigenvalue weighted by atomic mass is 19.1. The number of nitrogen functional groups attached to an aromatic ring is 1. The number of rotatable bonds is 4. The zero-order chi connectivity index (χ0) is 20.2. The van der Waals surface area contributed by atoms with Gasteiger partial charge in [0.25, 0.3) is 5.91 Å². The van der Waals surface area contributed by atoms with E-state index in [1.165, 1.54) is 12.1 Å². The first kappa shape index (κ1) is 19.3. The third kappa shape index (κ3) is 4.51. The smallest absolute Gasteiger partial charge is 0.263 e. The van der Waals surface area contributed by atoms with Crippen molar-refractivity contribution in [1.82, 2.24) is 14.9 Å². The summed E-state index contributed by atoms with van der Waals surface area (Å²) in [5.74, 6) is -0.173. The van der Waals surface area contributed by atoms with E-state index in [1.807, 2.05) is 0 Å². The van der Waals surface area contributed by atoms with Crippen molar-refractivity contribution in [2.24, 2.45) is 5.16 Å². The Morgan fingerprint density at radius 2 is 2.03 bits per heavy atom. The van der Waals surface area contributed by atoms with Crippen LogP contribution in [0.3, 0.4) is 0 Å². The molecule has 1 amide bonds. The second kappa shape index (κ2) is 8.52. The lowest BCUT2D eigenvalue weighted by Crippen LogP contribution is -2.42. The number of oxime groups is 1. The van der Waals surface area contributed by atoms with Crippen LogP contribution in [0.25, 0.3) is 0 Å². The van der Waals surface area contributed by atoms with Crippen LogP contribution in [0.2, 0.25) is 0 Å². The van der Waals surface area contributed by atoms with Crippen molar-refractivity contribution in [3.63, 3.8) is 0 Å². The molecule has 9 heteroatoms. The number of nitrogens with two attached hydrogens (primary N) is 1. The van der Waals surface area contributed by atoms with Crippen LogP contribution in [0.1, 0.15) is 29.2 Å². The number of fused-ring (bicyclic) bond motifs is 1. The number of amides is 1. The normalized spacial score (nSPS) is 20.4. The van der Waals surface area contributed by atoms with E-state index in [9.17, 15) is 9.18 Å². The van der Waals surface area contributed by atoms with Crippen molar-refractivity contribution < 1.29 is 18.8 Å². The largest absolute Gasteiger partial charge is 0.385 e. The number of aromatic nitrogens is 2. The number of morpholine rings is 1. The van der Waals surface area contributed by atoms with Gasteiger partial charge in [-0.05, 0) is 30.0 Å². The average molecular weight is 399 g/mol. The van der Waals surface area contributed by atoms with E-state index >= 15 is 0 Å². The molecule has 1 aliphatic heterocycles. The standard InChI is InChI=1S/C20H22FN5O3/c21-15-3-1-13(2-4-15)14-9-17-16(11-23-20(22)24-17)18(10-14)25-29-12-19(27)26-5-7-28-8-6-26/h1-4,11,14H,5-10,12H2,(H2,22,23,24). The first-order chi connectivity index (χ1) is 14.1. The van der Waals surface area contributed by atoms with Crippen molar-refractivity contribution in [3.05, 3.63) is 53.1 Å². The lowest BCUT2D eigenvalue weighted by atomic mass is 9.82. The third-order valence-corrected chi connectivity index (χ3v) is 5.14. The van der Waals surface area contributed by atoms with Crippen molar-refractivity contribution in [2.75, 3.05) is 38.6 Å². The van der Waals surface area contributed by atoms with Crippen LogP contribution >= 0.6 is 0 Å². The fraction of sp³-hybridized carbons (Fsp3) is 0.400. The Bertz CT molecular complexity index is 913. The molecule has 1 aliphatic carbocycles. The molecular formula is C20H22FN5O3. The summed E-state index contributed by atoms with van der Waals surface area (Å²) in [6.45, 7) is 2.04. The van der Waals surface area contributed by atoms with E-state index < -0.39 is 0 Å². The maximum Gasteiger partial charge on any atom is 0.263 e. The number of ether oxygens (including phenoxy) is 1. The van der Waals surface area contributed by atoms with Crippen molar-refractivity contribution in [3.8, 4) is 0 Å². The van der Waals surface area contributed by atoms with Crippen LogP contribution in [0.4, 0.5) is 10.3 Å². The van der Waals surface area contributed by atoms with Crippen LogP contribution in [-0.2, 0) is 20.8 Å². The molecule has 2 N–H and O–H groups in total. The van der Waals surface area contributed by atoms with Crippen LogP contribution in [0.5, 0.6) is 0 Å². The number of hydrogen-bond acceptors (Lipinski definition) is 7. The number of nitrogens with zero attached hydrogens (tertiary/aromatic N) is 4. The molecule has 152 valence electrons. The molecule has 1 saturated heterocycles. The Hall–Kier alpha value is -3.07. The summed E-state index contributed by atoms with van der Waals surface area (Å²) in [7, 11) is 0. The quantitative estimate of drug-likeness (QED) is 0.782. The van der Waals surface area contributed by atoms with E-state index in [0.717, 1.165) is 16.8 Å². The van der Waals surface area contributed by atoms with Gasteiger partial charge in [-0.25, -0.2) is 14.4 Å². The Kier molecular flexibility index (Phi) is 5.66. The minimum absolute atomic E-state index is 0.0506. The topological polar surface area (TPSA) is 103 Å². The van der Waals surface area contributed by atoms with Gasteiger partial charge in [0.05, 0.1) is 24.6 Å². The van der Waals surface area contributed by atoms with E-state index in [-0.39, 0.29) is 30.2 Å². The van der Waals surface area contributed by atoms with Gasteiger partial charge in [-0.3, -0.25) is 4.79 Å². The zero-order valence-electron chi connectivity index (χ0n) is 15.9. The van der Waals surface area contributed by atoms with E-state index in [4.69, 9.17) is 15.3 Å². The minimum atomic E-state index is -0.282. The van der Waals surface area contributed by atoms with Crippen molar-refractivity contribution in [2.45, 2.75) is 18.8 Å². The van der Waals surface area contributed by atoms with Gasteiger partial charge in [0, 0.05) is 31.3 Å². The molecule has 2 heterocycles. The summed E-state index contributed by atoms with van der Waals surface area (Å²) >= 11 is 0. The molecule has 1 atom stereocenters. The molecule has 0 spiro atoms. The van der Waals surface area contributed by atoms with Crippen LogP contribution in [0, 0.1) is 5.82 Å². The van der Waals surface area contributed by atoms with Gasteiger partial charge in [0.2, 0.25) is 5.95 Å². The second-order valence-corrected chi connectivity index (χ2v) is 7.05. The number of hydrogen-bond donors (Lipinski definition) is 1. The number of benzene rings is 1. The summed E-state index contributed by atoms with van der Waals surface area (Å²) in [5, 5.41) is 4.23. The lowest BCUT2D eigenvalue weighted by Gasteiger charge is -2.27. The maximum absolute atomic E-state index is 13.3. The second-order valence-electron chi connectivity index (χ2n) is 7.05. The SMILES string of the molecule is Nc1ncc2c(n1)CC(c1ccc(F)cc1)CC2=NOCC(=O)N1CCOCC1. The highest BCUT2D eigenvalue weighted by Gasteiger charge is 2.27. The minimum Gasteiger partial charge on any atom is -0.385 e. The number of halogens is 1. The molecular weight excluding hydrogens is 377 g/mol. The molecule has 0 bridgehead atoms. The number of carbonyl (C=O) groups excluding carboxylic acids is 1. The Morgan fingerprint density at radius 3 is 2.79 bits per heavy atom. The van der Waals surface area contributed by atoms with Gasteiger partial charge in [-0.15, -0.1) is 0 Å². The van der Waals surface area contributed by atoms with Gasteiger partial charge >= 0.3 is 0 Å². The third-order valence-electron chi connectivity index (χ3n) is 5.14. The first-order valence-corrected chi connectivity index (χ1v) is 9.51. The molecule has 29 heavy (non-hydrogen) atoms. The van der Waals surface area contributed by atoms with E-state index in [2.05, 4.69) is 15.1 Å². The average Bonchev–Trinajstić information content (AvgIpc) is 2.74. The fourth-order valence-electron chi connectivity index (χ4n) is 3.60. The van der Waals surface area contributed by atoms with Gasteiger partial charge < -0.3 is 20.2 Å². The molecule has 8 nitrogen and oxygen atoms in total. The number of anilines is 1. The molecule has 1 aromatic heterocycles. The molecule has 2 aliphatic rings. The predicted molar refractivity (Wildman–Crippen MR) is 104 cm³/mol. The summed E-state index contributed by atoms with van der Waals surface area (Å²) in [6, 6.07) is 6.40. The molecule has 1 unspecified atom stereocenters. The monoisotopic (exact) mass is 399 g/mol. The Morgan fingerprint density at radius 1 is 1.28 bits per heavy atom. The first-order valence-electron chi connectivity index (χ1n) is 9.51. The van der Waals surface area contributed by atoms with Crippen molar-refractivity contribution >= 4 is 17.6 Å². The van der Waals surface area contributed by atoms with Gasteiger partial charge in [-0.1, -0.05) is 17.3 Å².